The molecule has 0 saturated heterocycles. The quantitative estimate of drug-likeness (QED) is 0.538. The molecule has 0 heterocycles. The highest BCUT2D eigenvalue weighted by Gasteiger charge is 2.22. The van der Waals surface area contributed by atoms with Crippen molar-refractivity contribution in [2.75, 3.05) is 12.0 Å². The third-order valence-corrected chi connectivity index (χ3v) is 1.25. The summed E-state index contributed by atoms with van der Waals surface area (Å²) < 4.78 is 22.9. The number of thioether (sulfide) groups is 1. The molecule has 0 atom stereocenters. The maximum atomic E-state index is 11.5. The van der Waals surface area contributed by atoms with Gasteiger partial charge in [-0.25, -0.2) is 0 Å². The Morgan fingerprint density at radius 3 is 2.14 bits per heavy atom. The van der Waals surface area contributed by atoms with Crippen molar-refractivity contribution in [3.8, 4) is 0 Å². The Labute approximate surface area is 50.2 Å². The van der Waals surface area contributed by atoms with Crippen LogP contribution in [0.25, 0.3) is 0 Å². The van der Waals surface area contributed by atoms with Gasteiger partial charge < -0.3 is 0 Å². The Balaban J connectivity index is 3.15. The van der Waals surface area contributed by atoms with E-state index >= 15 is 0 Å². The van der Waals surface area contributed by atoms with Gasteiger partial charge in [-0.2, -0.15) is 20.5 Å². The van der Waals surface area contributed by atoms with Gasteiger partial charge in [-0.1, -0.05) is 0 Å². The summed E-state index contributed by atoms with van der Waals surface area (Å²) in [5, 5.41) is -3.01. The molecule has 0 amide bonds. The Bertz CT molecular complexity index is 51.4. The molecule has 0 aromatic carbocycles. The van der Waals surface area contributed by atoms with Crippen LogP contribution in [0, 0.1) is 0 Å². The largest absolute Gasteiger partial charge is 0.330 e. The second-order valence-electron chi connectivity index (χ2n) is 1.05. The lowest BCUT2D eigenvalue weighted by atomic mass is 10.8. The predicted octanol–water partition coefficient (Wildman–Crippen LogP) is 2.18. The number of hydrogen-bond acceptors (Lipinski definition) is 1. The summed E-state index contributed by atoms with van der Waals surface area (Å²) in [7, 11) is 0. The molecular formula is C3H5ClF2S. The van der Waals surface area contributed by atoms with Gasteiger partial charge in [-0.15, -0.1) is 0 Å². The van der Waals surface area contributed by atoms with Crippen LogP contribution >= 0.6 is 23.4 Å². The van der Waals surface area contributed by atoms with Gasteiger partial charge in [0.05, 0.1) is 5.75 Å². The van der Waals surface area contributed by atoms with Gasteiger partial charge in [0.25, 0.3) is 0 Å². The summed E-state index contributed by atoms with van der Waals surface area (Å²) >= 11 is 5.51. The van der Waals surface area contributed by atoms with Gasteiger partial charge in [-0.3, -0.25) is 0 Å². The fourth-order valence-corrected chi connectivity index (χ4v) is 0.818. The van der Waals surface area contributed by atoms with Crippen molar-refractivity contribution in [3.05, 3.63) is 0 Å². The minimum absolute atomic E-state index is 0.311. The molecule has 0 aromatic rings. The monoisotopic (exact) mass is 146 g/mol. The van der Waals surface area contributed by atoms with Crippen molar-refractivity contribution in [1.29, 1.82) is 0 Å². The summed E-state index contributed by atoms with van der Waals surface area (Å²) in [4.78, 5) is 0. The van der Waals surface area contributed by atoms with Crippen molar-refractivity contribution in [2.45, 2.75) is 5.38 Å². The first-order valence-electron chi connectivity index (χ1n) is 1.62. The molecule has 0 fully saturated rings. The maximum absolute atomic E-state index is 11.5. The van der Waals surface area contributed by atoms with Gasteiger partial charge in [0.2, 0.25) is 0 Å². The molecule has 0 aromatic heterocycles. The van der Waals surface area contributed by atoms with Crippen molar-refractivity contribution in [2.24, 2.45) is 0 Å². The molecule has 0 unspecified atom stereocenters. The molecule has 0 spiro atoms. The second kappa shape index (κ2) is 2.72. The van der Waals surface area contributed by atoms with Crippen LogP contribution in [0.4, 0.5) is 8.78 Å². The molecule has 0 bridgehead atoms. The van der Waals surface area contributed by atoms with Gasteiger partial charge in [0, 0.05) is 0 Å². The van der Waals surface area contributed by atoms with E-state index in [2.05, 4.69) is 11.6 Å². The second-order valence-corrected chi connectivity index (χ2v) is 2.47. The molecule has 0 N–H and O–H groups in total. The fraction of sp³-hybridized carbons (Fsp3) is 1.00. The van der Waals surface area contributed by atoms with Crippen LogP contribution in [0.1, 0.15) is 0 Å². The zero-order valence-corrected chi connectivity index (χ0v) is 5.32. The molecule has 0 saturated carbocycles. The minimum atomic E-state index is -3.01. The standard InChI is InChI=1S/C3H5ClF2S/c1-7-2-3(4,5)6/h2H2,1H3. The normalized spacial score (nSPS) is 12.0. The highest BCUT2D eigenvalue weighted by Crippen LogP contribution is 2.22. The van der Waals surface area contributed by atoms with E-state index < -0.39 is 5.38 Å². The van der Waals surface area contributed by atoms with Crippen LogP contribution in [0.2, 0.25) is 0 Å². The van der Waals surface area contributed by atoms with Crippen LogP contribution in [-0.4, -0.2) is 17.4 Å². The lowest BCUT2D eigenvalue weighted by molar-refractivity contribution is 0.125. The molecule has 7 heavy (non-hydrogen) atoms. The SMILES string of the molecule is CSCC(F)(F)Cl. The highest BCUT2D eigenvalue weighted by molar-refractivity contribution is 7.98. The molecule has 0 aliphatic heterocycles. The Hall–Kier alpha value is 0.500. The van der Waals surface area contributed by atoms with Crippen LogP contribution < -0.4 is 0 Å². The number of hydrogen-bond donors (Lipinski definition) is 0. The molecule has 0 nitrogen and oxygen atoms in total. The van der Waals surface area contributed by atoms with Gasteiger partial charge in [0.15, 0.2) is 0 Å². The van der Waals surface area contributed by atoms with Crippen molar-refractivity contribution >= 4 is 23.4 Å². The van der Waals surface area contributed by atoms with E-state index in [1.165, 1.54) is 0 Å². The highest BCUT2D eigenvalue weighted by atomic mass is 35.5. The number of halogens is 3. The van der Waals surface area contributed by atoms with Gasteiger partial charge in [0.1, 0.15) is 0 Å². The Morgan fingerprint density at radius 2 is 2.14 bits per heavy atom. The lowest BCUT2D eigenvalue weighted by Crippen LogP contribution is -2.07. The molecule has 44 valence electrons. The molecule has 0 rings (SSSR count). The summed E-state index contributed by atoms with van der Waals surface area (Å²) in [5.74, 6) is -0.311. The van der Waals surface area contributed by atoms with Crippen LogP contribution in [0.15, 0.2) is 0 Å². The van der Waals surface area contributed by atoms with Gasteiger partial charge in [-0.05, 0) is 17.9 Å². The van der Waals surface area contributed by atoms with E-state index in [-0.39, 0.29) is 5.75 Å². The van der Waals surface area contributed by atoms with E-state index in [0.717, 1.165) is 11.8 Å². The zero-order valence-electron chi connectivity index (χ0n) is 3.75. The number of alkyl halides is 3. The third-order valence-electron chi connectivity index (χ3n) is 0.308. The Kier molecular flexibility index (Phi) is 2.92. The zero-order chi connectivity index (χ0) is 5.91. The predicted molar refractivity (Wildman–Crippen MR) is 29.2 cm³/mol. The van der Waals surface area contributed by atoms with E-state index in [9.17, 15) is 8.78 Å². The lowest BCUT2D eigenvalue weighted by Gasteiger charge is -2.01. The molecule has 0 aliphatic rings. The van der Waals surface area contributed by atoms with Crippen LogP contribution in [0.3, 0.4) is 0 Å². The third kappa shape index (κ3) is 6.50. The van der Waals surface area contributed by atoms with E-state index in [1.807, 2.05) is 0 Å². The first-order valence-corrected chi connectivity index (χ1v) is 3.39. The van der Waals surface area contributed by atoms with Crippen molar-refractivity contribution < 1.29 is 8.78 Å². The Morgan fingerprint density at radius 1 is 1.71 bits per heavy atom. The van der Waals surface area contributed by atoms with E-state index in [4.69, 9.17) is 0 Å². The maximum Gasteiger partial charge on any atom is 0.330 e. The van der Waals surface area contributed by atoms with Crippen molar-refractivity contribution in [1.82, 2.24) is 0 Å². The van der Waals surface area contributed by atoms with Crippen LogP contribution in [-0.2, 0) is 0 Å². The molecule has 0 aliphatic carbocycles. The summed E-state index contributed by atoms with van der Waals surface area (Å²) in [6.45, 7) is 0. The van der Waals surface area contributed by atoms with E-state index in [0.29, 0.717) is 0 Å². The van der Waals surface area contributed by atoms with Crippen molar-refractivity contribution in [3.63, 3.8) is 0 Å². The molecule has 0 radical (unpaired) electrons. The average Bonchev–Trinajstić information content (AvgIpc) is 1.30. The van der Waals surface area contributed by atoms with E-state index in [1.54, 1.807) is 6.26 Å². The first-order chi connectivity index (χ1) is 3.06. The summed E-state index contributed by atoms with van der Waals surface area (Å²) in [6.07, 6.45) is 1.58. The summed E-state index contributed by atoms with van der Waals surface area (Å²) in [5.41, 5.74) is 0. The van der Waals surface area contributed by atoms with Gasteiger partial charge >= 0.3 is 5.38 Å². The topological polar surface area (TPSA) is 0 Å². The fourth-order valence-electron chi connectivity index (χ4n) is 0.164. The summed E-state index contributed by atoms with van der Waals surface area (Å²) in [6, 6.07) is 0. The molecule has 4 heteroatoms. The molecular weight excluding hydrogens is 142 g/mol. The first kappa shape index (κ1) is 7.50. The smallest absolute Gasteiger partial charge is 0.187 e. The van der Waals surface area contributed by atoms with Crippen LogP contribution in [0.5, 0.6) is 0 Å². The minimum Gasteiger partial charge on any atom is -0.187 e. The average molecular weight is 147 g/mol. The number of rotatable bonds is 2.